The van der Waals surface area contributed by atoms with Crippen LogP contribution < -0.4 is 10.6 Å². The number of thioether (sulfide) groups is 1. The first-order valence-corrected chi connectivity index (χ1v) is 11.2. The molecule has 0 bridgehead atoms. The van der Waals surface area contributed by atoms with E-state index in [2.05, 4.69) is 10.6 Å². The highest BCUT2D eigenvalue weighted by atomic mass is 35.5. The molecule has 2 amide bonds. The van der Waals surface area contributed by atoms with Gasteiger partial charge >= 0.3 is 6.18 Å². The fourth-order valence-corrected chi connectivity index (χ4v) is 4.17. The Kier molecular flexibility index (Phi) is 8.05. The van der Waals surface area contributed by atoms with Gasteiger partial charge in [-0.1, -0.05) is 36.7 Å². The predicted molar refractivity (Wildman–Crippen MR) is 126 cm³/mol. The number of benzene rings is 3. The van der Waals surface area contributed by atoms with Crippen molar-refractivity contribution in [2.45, 2.75) is 29.7 Å². The maximum absolute atomic E-state index is 12.9. The second kappa shape index (κ2) is 10.8. The van der Waals surface area contributed by atoms with Crippen LogP contribution in [0.15, 0.2) is 77.7 Å². The SMILES string of the molecule is CCC(Sc1cccc(NC(=O)c2cccc(Cl)c2)c1)C(=O)Nc1cccc(C(F)(F)F)c1. The van der Waals surface area contributed by atoms with Crippen molar-refractivity contribution in [3.63, 3.8) is 0 Å². The van der Waals surface area contributed by atoms with E-state index >= 15 is 0 Å². The van der Waals surface area contributed by atoms with Crippen LogP contribution in [-0.2, 0) is 11.0 Å². The first kappa shape index (κ1) is 24.7. The fourth-order valence-electron chi connectivity index (χ4n) is 2.96. The number of amides is 2. The summed E-state index contributed by atoms with van der Waals surface area (Å²) in [6.45, 7) is 1.81. The van der Waals surface area contributed by atoms with Crippen molar-refractivity contribution < 1.29 is 22.8 Å². The maximum Gasteiger partial charge on any atom is 0.416 e. The highest BCUT2D eigenvalue weighted by Crippen LogP contribution is 2.32. The van der Waals surface area contributed by atoms with Crippen molar-refractivity contribution in [2.24, 2.45) is 0 Å². The number of alkyl halides is 3. The molecule has 3 aromatic rings. The van der Waals surface area contributed by atoms with Gasteiger partial charge in [0, 0.05) is 26.9 Å². The third kappa shape index (κ3) is 7.00. The van der Waals surface area contributed by atoms with Gasteiger partial charge in [-0.2, -0.15) is 13.2 Å². The molecule has 2 N–H and O–H groups in total. The normalized spacial score (nSPS) is 12.2. The topological polar surface area (TPSA) is 58.2 Å². The summed E-state index contributed by atoms with van der Waals surface area (Å²) in [6.07, 6.45) is -4.04. The van der Waals surface area contributed by atoms with Crippen molar-refractivity contribution in [1.29, 1.82) is 0 Å². The zero-order chi connectivity index (χ0) is 24.0. The minimum Gasteiger partial charge on any atom is -0.325 e. The number of anilines is 2. The average molecular weight is 493 g/mol. The van der Waals surface area contributed by atoms with Crippen LogP contribution in [0, 0.1) is 0 Å². The molecule has 0 aliphatic heterocycles. The second-order valence-electron chi connectivity index (χ2n) is 7.07. The Morgan fingerprint density at radius 2 is 1.61 bits per heavy atom. The van der Waals surface area contributed by atoms with Gasteiger partial charge in [0.1, 0.15) is 0 Å². The molecule has 4 nitrogen and oxygen atoms in total. The average Bonchev–Trinajstić information content (AvgIpc) is 2.77. The Hall–Kier alpha value is -2.97. The van der Waals surface area contributed by atoms with E-state index in [-0.39, 0.29) is 11.6 Å². The summed E-state index contributed by atoms with van der Waals surface area (Å²) in [5.74, 6) is -0.732. The minimum atomic E-state index is -4.49. The van der Waals surface area contributed by atoms with Gasteiger partial charge in [-0.3, -0.25) is 9.59 Å². The third-order valence-corrected chi connectivity index (χ3v) is 6.17. The van der Waals surface area contributed by atoms with Crippen LogP contribution in [-0.4, -0.2) is 17.1 Å². The van der Waals surface area contributed by atoms with Crippen molar-refractivity contribution >= 4 is 46.6 Å². The summed E-state index contributed by atoms with van der Waals surface area (Å²) in [5.41, 5.74) is 0.200. The summed E-state index contributed by atoms with van der Waals surface area (Å²) in [4.78, 5) is 25.9. The molecule has 0 aliphatic rings. The standard InChI is InChI=1S/C24H20ClF3N2O2S/c1-2-21(23(32)30-18-9-4-7-16(13-18)24(26,27)28)33-20-11-5-10-19(14-20)29-22(31)15-6-3-8-17(25)12-15/h3-14,21H,2H2,1H3,(H,29,31)(H,30,32). The highest BCUT2D eigenvalue weighted by molar-refractivity contribution is 8.00. The molecule has 0 heterocycles. The molecule has 0 saturated carbocycles. The lowest BCUT2D eigenvalue weighted by atomic mass is 10.2. The second-order valence-corrected chi connectivity index (χ2v) is 8.79. The molecular weight excluding hydrogens is 473 g/mol. The number of carbonyl (C=O) groups is 2. The van der Waals surface area contributed by atoms with Crippen LogP contribution in [0.25, 0.3) is 0 Å². The molecule has 172 valence electrons. The van der Waals surface area contributed by atoms with Crippen LogP contribution in [0.5, 0.6) is 0 Å². The summed E-state index contributed by atoms with van der Waals surface area (Å²) in [7, 11) is 0. The Morgan fingerprint density at radius 3 is 2.27 bits per heavy atom. The third-order valence-electron chi connectivity index (χ3n) is 4.58. The zero-order valence-corrected chi connectivity index (χ0v) is 19.0. The van der Waals surface area contributed by atoms with Gasteiger partial charge < -0.3 is 10.6 Å². The van der Waals surface area contributed by atoms with E-state index in [4.69, 9.17) is 11.6 Å². The van der Waals surface area contributed by atoms with Crippen molar-refractivity contribution in [3.8, 4) is 0 Å². The summed E-state index contributed by atoms with van der Waals surface area (Å²) in [5, 5.41) is 5.25. The van der Waals surface area contributed by atoms with E-state index in [9.17, 15) is 22.8 Å². The molecule has 9 heteroatoms. The maximum atomic E-state index is 12.9. The number of nitrogens with one attached hydrogen (secondary N) is 2. The molecule has 0 aliphatic carbocycles. The van der Waals surface area contributed by atoms with Gasteiger partial charge in [0.2, 0.25) is 5.91 Å². The molecule has 0 aromatic heterocycles. The lowest BCUT2D eigenvalue weighted by molar-refractivity contribution is -0.137. The molecule has 0 spiro atoms. The van der Waals surface area contributed by atoms with Crippen molar-refractivity contribution in [1.82, 2.24) is 0 Å². The summed E-state index contributed by atoms with van der Waals surface area (Å²) >= 11 is 7.19. The minimum absolute atomic E-state index is 0.0800. The summed E-state index contributed by atoms with van der Waals surface area (Å²) < 4.78 is 38.8. The highest BCUT2D eigenvalue weighted by Gasteiger charge is 2.30. The quantitative estimate of drug-likeness (QED) is 0.345. The van der Waals surface area contributed by atoms with Crippen molar-refractivity contribution in [3.05, 3.63) is 88.9 Å². The van der Waals surface area contributed by atoms with Gasteiger partial charge in [-0.05, 0) is 61.0 Å². The number of halogens is 4. The first-order chi connectivity index (χ1) is 15.7. The molecule has 3 aromatic carbocycles. The Bertz CT molecular complexity index is 1150. The predicted octanol–water partition coefficient (Wildman–Crippen LogP) is 7.12. The summed E-state index contributed by atoms with van der Waals surface area (Å²) in [6, 6.07) is 18.0. The van der Waals surface area contributed by atoms with Crippen LogP contribution >= 0.6 is 23.4 Å². The zero-order valence-electron chi connectivity index (χ0n) is 17.4. The molecule has 33 heavy (non-hydrogen) atoms. The molecule has 0 fully saturated rings. The number of carbonyl (C=O) groups excluding carboxylic acids is 2. The van der Waals surface area contributed by atoms with E-state index < -0.39 is 22.9 Å². The number of hydrogen-bond acceptors (Lipinski definition) is 3. The van der Waals surface area contributed by atoms with E-state index in [1.807, 2.05) is 6.92 Å². The van der Waals surface area contributed by atoms with Gasteiger partial charge in [-0.25, -0.2) is 0 Å². The van der Waals surface area contributed by atoms with Gasteiger partial charge in [0.15, 0.2) is 0 Å². The first-order valence-electron chi connectivity index (χ1n) is 9.97. The lowest BCUT2D eigenvalue weighted by Gasteiger charge is -2.16. The van der Waals surface area contributed by atoms with E-state index in [1.165, 1.54) is 23.9 Å². The van der Waals surface area contributed by atoms with Crippen LogP contribution in [0.4, 0.5) is 24.5 Å². The smallest absolute Gasteiger partial charge is 0.325 e. The van der Waals surface area contributed by atoms with Crippen molar-refractivity contribution in [2.75, 3.05) is 10.6 Å². The monoisotopic (exact) mass is 492 g/mol. The van der Waals surface area contributed by atoms with E-state index in [1.54, 1.807) is 48.5 Å². The molecule has 1 unspecified atom stereocenters. The Morgan fingerprint density at radius 1 is 0.939 bits per heavy atom. The largest absolute Gasteiger partial charge is 0.416 e. The number of rotatable bonds is 7. The lowest BCUT2D eigenvalue weighted by Crippen LogP contribution is -2.24. The van der Waals surface area contributed by atoms with Gasteiger partial charge in [-0.15, -0.1) is 11.8 Å². The molecule has 3 rings (SSSR count). The molecule has 1 atom stereocenters. The van der Waals surface area contributed by atoms with Gasteiger partial charge in [0.05, 0.1) is 10.8 Å². The van der Waals surface area contributed by atoms with Crippen LogP contribution in [0.3, 0.4) is 0 Å². The fraction of sp³-hybridized carbons (Fsp3) is 0.167. The Balaban J connectivity index is 1.67. The van der Waals surface area contributed by atoms with E-state index in [0.29, 0.717) is 22.7 Å². The Labute approximate surface area is 198 Å². The molecule has 0 saturated heterocycles. The van der Waals surface area contributed by atoms with E-state index in [0.717, 1.165) is 17.0 Å². The number of hydrogen-bond donors (Lipinski definition) is 2. The van der Waals surface area contributed by atoms with Crippen LogP contribution in [0.2, 0.25) is 5.02 Å². The van der Waals surface area contributed by atoms with Crippen LogP contribution in [0.1, 0.15) is 29.3 Å². The molecular formula is C24H20ClF3N2O2S. The van der Waals surface area contributed by atoms with Gasteiger partial charge in [0.25, 0.3) is 5.91 Å². The molecule has 0 radical (unpaired) electrons.